The van der Waals surface area contributed by atoms with Gasteiger partial charge in [0.25, 0.3) is 0 Å². The molecule has 0 aliphatic carbocycles. The SMILES string of the molecule is CCOC(=O)C(=CNc1cccc(-c2nn(C)cc2Br)c1)C(=O)OCC. The summed E-state index contributed by atoms with van der Waals surface area (Å²) in [5, 5.41) is 7.35. The van der Waals surface area contributed by atoms with Crippen LogP contribution in [0.15, 0.2) is 46.7 Å². The van der Waals surface area contributed by atoms with Gasteiger partial charge in [-0.05, 0) is 41.9 Å². The number of nitrogens with zero attached hydrogens (tertiary/aromatic N) is 2. The van der Waals surface area contributed by atoms with Crippen LogP contribution < -0.4 is 5.32 Å². The third-order valence-electron chi connectivity index (χ3n) is 3.29. The van der Waals surface area contributed by atoms with E-state index in [1.165, 1.54) is 6.20 Å². The first-order chi connectivity index (χ1) is 12.5. The summed E-state index contributed by atoms with van der Waals surface area (Å²) < 4.78 is 12.4. The average Bonchev–Trinajstić information content (AvgIpc) is 2.94. The van der Waals surface area contributed by atoms with Gasteiger partial charge in [-0.3, -0.25) is 4.68 Å². The zero-order valence-electron chi connectivity index (χ0n) is 14.8. The fourth-order valence-electron chi connectivity index (χ4n) is 2.19. The van der Waals surface area contributed by atoms with Gasteiger partial charge in [-0.1, -0.05) is 12.1 Å². The van der Waals surface area contributed by atoms with E-state index in [9.17, 15) is 9.59 Å². The largest absolute Gasteiger partial charge is 0.462 e. The van der Waals surface area contributed by atoms with Crippen molar-refractivity contribution >= 4 is 33.6 Å². The maximum Gasteiger partial charge on any atom is 0.347 e. The number of halogens is 1. The second-order valence-electron chi connectivity index (χ2n) is 5.22. The molecule has 0 bridgehead atoms. The van der Waals surface area contributed by atoms with E-state index < -0.39 is 11.9 Å². The molecule has 0 saturated carbocycles. The quantitative estimate of drug-likeness (QED) is 0.319. The van der Waals surface area contributed by atoms with Crippen molar-refractivity contribution in [1.82, 2.24) is 9.78 Å². The summed E-state index contributed by atoms with van der Waals surface area (Å²) >= 11 is 3.48. The first-order valence-electron chi connectivity index (χ1n) is 8.06. The van der Waals surface area contributed by atoms with E-state index in [1.54, 1.807) is 18.5 Å². The van der Waals surface area contributed by atoms with Gasteiger partial charge < -0.3 is 14.8 Å². The Kier molecular flexibility index (Phi) is 6.97. The molecule has 1 heterocycles. The number of carbonyl (C=O) groups is 2. The second-order valence-corrected chi connectivity index (χ2v) is 6.08. The molecule has 0 aliphatic rings. The van der Waals surface area contributed by atoms with E-state index in [-0.39, 0.29) is 18.8 Å². The molecule has 8 heteroatoms. The summed E-state index contributed by atoms with van der Waals surface area (Å²) in [4.78, 5) is 23.9. The number of aromatic nitrogens is 2. The molecule has 0 atom stereocenters. The van der Waals surface area contributed by atoms with Crippen LogP contribution in [0.2, 0.25) is 0 Å². The Bertz CT molecular complexity index is 810. The number of esters is 2. The lowest BCUT2D eigenvalue weighted by atomic mass is 10.1. The molecule has 0 radical (unpaired) electrons. The van der Waals surface area contributed by atoms with Gasteiger partial charge in [0.1, 0.15) is 5.69 Å². The van der Waals surface area contributed by atoms with Crippen LogP contribution >= 0.6 is 15.9 Å². The standard InChI is InChI=1S/C18H20BrN3O4/c1-4-25-17(23)14(18(24)26-5-2)10-20-13-8-6-7-12(9-13)16-15(19)11-22(3)21-16/h6-11,20H,4-5H2,1-3H3. The number of hydrogen-bond donors (Lipinski definition) is 1. The Hall–Kier alpha value is -2.61. The minimum atomic E-state index is -0.734. The lowest BCUT2D eigenvalue weighted by Gasteiger charge is -2.08. The van der Waals surface area contributed by atoms with E-state index in [1.807, 2.05) is 37.5 Å². The van der Waals surface area contributed by atoms with Crippen LogP contribution in [-0.2, 0) is 26.1 Å². The van der Waals surface area contributed by atoms with E-state index in [0.717, 1.165) is 15.7 Å². The summed E-state index contributed by atoms with van der Waals surface area (Å²) in [6.45, 7) is 3.67. The molecule has 2 aromatic rings. The first kappa shape index (κ1) is 19.7. The predicted molar refractivity (Wildman–Crippen MR) is 101 cm³/mol. The van der Waals surface area contributed by atoms with Crippen molar-refractivity contribution in [2.24, 2.45) is 7.05 Å². The van der Waals surface area contributed by atoms with E-state index in [4.69, 9.17) is 9.47 Å². The molecule has 1 aromatic carbocycles. The monoisotopic (exact) mass is 421 g/mol. The fourth-order valence-corrected chi connectivity index (χ4v) is 2.79. The number of ether oxygens (including phenoxy) is 2. The molecule has 26 heavy (non-hydrogen) atoms. The van der Waals surface area contributed by atoms with Crippen molar-refractivity contribution < 1.29 is 19.1 Å². The van der Waals surface area contributed by atoms with Crippen LogP contribution in [0.1, 0.15) is 13.8 Å². The van der Waals surface area contributed by atoms with Gasteiger partial charge >= 0.3 is 11.9 Å². The van der Waals surface area contributed by atoms with Gasteiger partial charge in [0.05, 0.1) is 17.7 Å². The summed E-state index contributed by atoms with van der Waals surface area (Å²) in [5.74, 6) is -1.47. The van der Waals surface area contributed by atoms with Crippen LogP contribution in [0.5, 0.6) is 0 Å². The number of aryl methyl sites for hydroxylation is 1. The molecule has 0 unspecified atom stereocenters. The highest BCUT2D eigenvalue weighted by atomic mass is 79.9. The van der Waals surface area contributed by atoms with Gasteiger partial charge in [-0.25, -0.2) is 9.59 Å². The fraction of sp³-hybridized carbons (Fsp3) is 0.278. The molecule has 0 spiro atoms. The smallest absolute Gasteiger partial charge is 0.347 e. The molecular formula is C18H20BrN3O4. The highest BCUT2D eigenvalue weighted by Crippen LogP contribution is 2.28. The minimum absolute atomic E-state index is 0.165. The number of nitrogens with one attached hydrogen (secondary N) is 1. The summed E-state index contributed by atoms with van der Waals surface area (Å²) in [5.41, 5.74) is 2.16. The molecule has 2 rings (SSSR count). The third kappa shape index (κ3) is 4.95. The number of carbonyl (C=O) groups excluding carboxylic acids is 2. The number of anilines is 1. The average molecular weight is 422 g/mol. The Morgan fingerprint density at radius 3 is 2.42 bits per heavy atom. The molecule has 7 nitrogen and oxygen atoms in total. The molecule has 1 N–H and O–H groups in total. The summed E-state index contributed by atoms with van der Waals surface area (Å²) in [6, 6.07) is 7.43. The van der Waals surface area contributed by atoms with E-state index >= 15 is 0 Å². The molecule has 0 fully saturated rings. The Morgan fingerprint density at radius 1 is 1.23 bits per heavy atom. The predicted octanol–water partition coefficient (Wildman–Crippen LogP) is 3.27. The number of hydrogen-bond acceptors (Lipinski definition) is 6. The third-order valence-corrected chi connectivity index (χ3v) is 3.87. The maximum absolute atomic E-state index is 12.0. The van der Waals surface area contributed by atoms with Gasteiger partial charge in [0, 0.05) is 30.7 Å². The molecular weight excluding hydrogens is 402 g/mol. The van der Waals surface area contributed by atoms with E-state index in [0.29, 0.717) is 5.69 Å². The van der Waals surface area contributed by atoms with Crippen molar-refractivity contribution in [3.05, 3.63) is 46.7 Å². The molecule has 0 saturated heterocycles. The normalized spacial score (nSPS) is 10.2. The molecule has 1 aromatic heterocycles. The van der Waals surface area contributed by atoms with Gasteiger partial charge in [0.15, 0.2) is 5.57 Å². The summed E-state index contributed by atoms with van der Waals surface area (Å²) in [7, 11) is 1.84. The minimum Gasteiger partial charge on any atom is -0.462 e. The lowest BCUT2D eigenvalue weighted by molar-refractivity contribution is -0.146. The van der Waals surface area contributed by atoms with Crippen molar-refractivity contribution in [2.75, 3.05) is 18.5 Å². The first-order valence-corrected chi connectivity index (χ1v) is 8.86. The van der Waals surface area contributed by atoms with Gasteiger partial charge in [-0.15, -0.1) is 0 Å². The Balaban J connectivity index is 2.26. The van der Waals surface area contributed by atoms with Crippen LogP contribution in [0, 0.1) is 0 Å². The van der Waals surface area contributed by atoms with Crippen LogP contribution in [-0.4, -0.2) is 34.9 Å². The van der Waals surface area contributed by atoms with Crippen molar-refractivity contribution in [3.8, 4) is 11.3 Å². The Morgan fingerprint density at radius 2 is 1.88 bits per heavy atom. The van der Waals surface area contributed by atoms with Crippen molar-refractivity contribution in [1.29, 1.82) is 0 Å². The topological polar surface area (TPSA) is 82.5 Å². The zero-order chi connectivity index (χ0) is 19.1. The molecule has 138 valence electrons. The summed E-state index contributed by atoms with van der Waals surface area (Å²) in [6.07, 6.45) is 3.15. The van der Waals surface area contributed by atoms with E-state index in [2.05, 4.69) is 26.3 Å². The van der Waals surface area contributed by atoms with Crippen LogP contribution in [0.3, 0.4) is 0 Å². The van der Waals surface area contributed by atoms with Crippen molar-refractivity contribution in [2.45, 2.75) is 13.8 Å². The number of benzene rings is 1. The Labute approximate surface area is 160 Å². The van der Waals surface area contributed by atoms with Crippen molar-refractivity contribution in [3.63, 3.8) is 0 Å². The highest BCUT2D eigenvalue weighted by Gasteiger charge is 2.21. The van der Waals surface area contributed by atoms with Crippen LogP contribution in [0.4, 0.5) is 5.69 Å². The van der Waals surface area contributed by atoms with Gasteiger partial charge in [-0.2, -0.15) is 5.10 Å². The van der Waals surface area contributed by atoms with Gasteiger partial charge in [0.2, 0.25) is 0 Å². The maximum atomic E-state index is 12.0. The molecule has 0 amide bonds. The lowest BCUT2D eigenvalue weighted by Crippen LogP contribution is -2.19. The zero-order valence-corrected chi connectivity index (χ0v) is 16.4. The molecule has 0 aliphatic heterocycles. The highest BCUT2D eigenvalue weighted by molar-refractivity contribution is 9.10. The number of rotatable bonds is 7. The second kappa shape index (κ2) is 9.19. The van der Waals surface area contributed by atoms with Crippen LogP contribution in [0.25, 0.3) is 11.3 Å².